The number of aromatic carboxylic acids is 1. The fraction of sp³-hybridized carbons (Fsp3) is 0.111. The number of amides is 1. The third kappa shape index (κ3) is 4.06. The highest BCUT2D eigenvalue weighted by Gasteiger charge is 2.11. The van der Waals surface area contributed by atoms with Gasteiger partial charge in [0.2, 0.25) is 5.91 Å². The summed E-state index contributed by atoms with van der Waals surface area (Å²) >= 11 is 0. The van der Waals surface area contributed by atoms with Gasteiger partial charge in [0.15, 0.2) is 0 Å². The van der Waals surface area contributed by atoms with E-state index in [1.807, 2.05) is 43.3 Å². The summed E-state index contributed by atoms with van der Waals surface area (Å²) in [6, 6.07) is 12.9. The van der Waals surface area contributed by atoms with Gasteiger partial charge in [0.05, 0.1) is 11.3 Å². The zero-order chi connectivity index (χ0) is 16.1. The van der Waals surface area contributed by atoms with Gasteiger partial charge in [-0.05, 0) is 30.2 Å². The van der Waals surface area contributed by atoms with Crippen LogP contribution in [0, 0.1) is 6.92 Å². The molecule has 2 N–H and O–H groups in total. The highest BCUT2D eigenvalue weighted by Crippen LogP contribution is 2.19. The second-order valence-electron chi connectivity index (χ2n) is 5.04. The molecule has 4 heteroatoms. The first-order valence-electron chi connectivity index (χ1n) is 6.85. The first-order valence-corrected chi connectivity index (χ1v) is 6.85. The van der Waals surface area contributed by atoms with Crippen LogP contribution in [-0.4, -0.2) is 17.0 Å². The Labute approximate surface area is 129 Å². The number of aryl methyl sites for hydroxylation is 1. The second kappa shape index (κ2) is 6.72. The molecule has 2 rings (SSSR count). The number of nitrogens with one attached hydrogen (secondary N) is 1. The Balaban J connectivity index is 2.28. The van der Waals surface area contributed by atoms with Crippen molar-refractivity contribution in [2.24, 2.45) is 0 Å². The molecule has 0 atom stereocenters. The Hall–Kier alpha value is -2.88. The number of carboxylic acids is 1. The Bertz CT molecular complexity index is 730. The molecule has 2 aromatic carbocycles. The topological polar surface area (TPSA) is 66.4 Å². The fourth-order valence-electron chi connectivity index (χ4n) is 2.01. The summed E-state index contributed by atoms with van der Waals surface area (Å²) in [4.78, 5) is 22.4. The minimum Gasteiger partial charge on any atom is -0.478 e. The Kier molecular flexibility index (Phi) is 4.73. The SMILES string of the molecule is CC(=O)Nc1ccc(/C=C/c2ccc(C)cc2)cc1C(=O)O. The van der Waals surface area contributed by atoms with Crippen molar-refractivity contribution in [2.45, 2.75) is 13.8 Å². The normalized spacial score (nSPS) is 10.6. The Morgan fingerprint density at radius 3 is 2.18 bits per heavy atom. The molecule has 0 heterocycles. The molecule has 0 saturated heterocycles. The van der Waals surface area contributed by atoms with Crippen molar-refractivity contribution in [1.82, 2.24) is 0 Å². The zero-order valence-electron chi connectivity index (χ0n) is 12.5. The van der Waals surface area contributed by atoms with E-state index >= 15 is 0 Å². The van der Waals surface area contributed by atoms with Crippen molar-refractivity contribution in [3.05, 3.63) is 64.7 Å². The fourth-order valence-corrected chi connectivity index (χ4v) is 2.01. The Morgan fingerprint density at radius 2 is 1.59 bits per heavy atom. The summed E-state index contributed by atoms with van der Waals surface area (Å²) in [7, 11) is 0. The number of hydrogen-bond acceptors (Lipinski definition) is 2. The zero-order valence-corrected chi connectivity index (χ0v) is 12.5. The molecular weight excluding hydrogens is 278 g/mol. The molecule has 0 fully saturated rings. The molecule has 1 amide bonds. The van der Waals surface area contributed by atoms with Crippen LogP contribution in [0.25, 0.3) is 12.2 Å². The molecule has 0 aliphatic rings. The molecule has 0 saturated carbocycles. The molecule has 0 aromatic heterocycles. The Morgan fingerprint density at radius 1 is 1.00 bits per heavy atom. The van der Waals surface area contributed by atoms with Crippen molar-refractivity contribution in [2.75, 3.05) is 5.32 Å². The molecule has 0 aliphatic heterocycles. The largest absolute Gasteiger partial charge is 0.478 e. The maximum Gasteiger partial charge on any atom is 0.337 e. The van der Waals surface area contributed by atoms with Crippen LogP contribution >= 0.6 is 0 Å². The molecule has 0 bridgehead atoms. The summed E-state index contributed by atoms with van der Waals surface area (Å²) in [5, 5.41) is 11.8. The van der Waals surface area contributed by atoms with Gasteiger partial charge in [0.25, 0.3) is 0 Å². The summed E-state index contributed by atoms with van der Waals surface area (Å²) in [6.45, 7) is 3.37. The van der Waals surface area contributed by atoms with Crippen molar-refractivity contribution in [3.63, 3.8) is 0 Å². The molecule has 0 spiro atoms. The predicted octanol–water partition coefficient (Wildman–Crippen LogP) is 3.82. The second-order valence-corrected chi connectivity index (χ2v) is 5.04. The van der Waals surface area contributed by atoms with E-state index in [1.54, 1.807) is 12.1 Å². The molecule has 4 nitrogen and oxygen atoms in total. The number of rotatable bonds is 4. The number of carbonyl (C=O) groups excluding carboxylic acids is 1. The quantitative estimate of drug-likeness (QED) is 0.843. The lowest BCUT2D eigenvalue weighted by Gasteiger charge is -2.07. The molecular formula is C18H17NO3. The lowest BCUT2D eigenvalue weighted by molar-refractivity contribution is -0.114. The van der Waals surface area contributed by atoms with Crippen LogP contribution in [0.4, 0.5) is 5.69 Å². The van der Waals surface area contributed by atoms with Gasteiger partial charge in [-0.25, -0.2) is 4.79 Å². The number of hydrogen-bond donors (Lipinski definition) is 2. The molecule has 0 unspecified atom stereocenters. The highest BCUT2D eigenvalue weighted by molar-refractivity contribution is 6.00. The third-order valence-corrected chi connectivity index (χ3v) is 3.13. The van der Waals surface area contributed by atoms with Crippen LogP contribution in [0.1, 0.15) is 34.0 Å². The van der Waals surface area contributed by atoms with Crippen LogP contribution in [-0.2, 0) is 4.79 Å². The van der Waals surface area contributed by atoms with Crippen molar-refractivity contribution in [3.8, 4) is 0 Å². The standard InChI is InChI=1S/C18H17NO3/c1-12-3-5-14(6-4-12)7-8-15-9-10-17(19-13(2)20)16(11-15)18(21)22/h3-11H,1-2H3,(H,19,20)(H,21,22)/b8-7+. The van der Waals surface area contributed by atoms with Crippen molar-refractivity contribution in [1.29, 1.82) is 0 Å². The van der Waals surface area contributed by atoms with Crippen LogP contribution in [0.15, 0.2) is 42.5 Å². The highest BCUT2D eigenvalue weighted by atomic mass is 16.4. The molecule has 22 heavy (non-hydrogen) atoms. The van der Waals surface area contributed by atoms with Crippen LogP contribution in [0.3, 0.4) is 0 Å². The summed E-state index contributed by atoms with van der Waals surface area (Å²) in [6.07, 6.45) is 3.76. The predicted molar refractivity (Wildman–Crippen MR) is 87.8 cm³/mol. The van der Waals surface area contributed by atoms with Gasteiger partial charge in [-0.3, -0.25) is 4.79 Å². The van der Waals surface area contributed by atoms with E-state index < -0.39 is 5.97 Å². The monoisotopic (exact) mass is 295 g/mol. The van der Waals surface area contributed by atoms with E-state index in [1.165, 1.54) is 18.6 Å². The molecule has 0 aliphatic carbocycles. The van der Waals surface area contributed by atoms with Crippen molar-refractivity contribution < 1.29 is 14.7 Å². The smallest absolute Gasteiger partial charge is 0.337 e. The summed E-state index contributed by atoms with van der Waals surface area (Å²) in [5.41, 5.74) is 3.35. The van der Waals surface area contributed by atoms with Gasteiger partial charge in [0.1, 0.15) is 0 Å². The lowest BCUT2D eigenvalue weighted by atomic mass is 10.1. The van der Waals surface area contributed by atoms with Gasteiger partial charge in [-0.15, -0.1) is 0 Å². The molecule has 112 valence electrons. The number of benzene rings is 2. The lowest BCUT2D eigenvalue weighted by Crippen LogP contribution is -2.10. The summed E-state index contributed by atoms with van der Waals surface area (Å²) < 4.78 is 0. The van der Waals surface area contributed by atoms with Crippen molar-refractivity contribution >= 4 is 29.7 Å². The van der Waals surface area contributed by atoms with E-state index in [-0.39, 0.29) is 11.5 Å². The van der Waals surface area contributed by atoms with Gasteiger partial charge >= 0.3 is 5.97 Å². The van der Waals surface area contributed by atoms with Crippen LogP contribution in [0.2, 0.25) is 0 Å². The van der Waals surface area contributed by atoms with E-state index in [9.17, 15) is 14.7 Å². The third-order valence-electron chi connectivity index (χ3n) is 3.13. The van der Waals surface area contributed by atoms with Gasteiger partial charge in [0, 0.05) is 6.92 Å². The van der Waals surface area contributed by atoms with E-state index in [0.29, 0.717) is 5.69 Å². The number of anilines is 1. The van der Waals surface area contributed by atoms with E-state index in [0.717, 1.165) is 11.1 Å². The van der Waals surface area contributed by atoms with E-state index in [2.05, 4.69) is 5.32 Å². The average Bonchev–Trinajstić information content (AvgIpc) is 2.47. The number of carbonyl (C=O) groups is 2. The van der Waals surface area contributed by atoms with Gasteiger partial charge in [-0.2, -0.15) is 0 Å². The molecule has 0 radical (unpaired) electrons. The minimum atomic E-state index is -1.07. The first-order chi connectivity index (χ1) is 10.5. The van der Waals surface area contributed by atoms with Crippen LogP contribution in [0.5, 0.6) is 0 Å². The van der Waals surface area contributed by atoms with Gasteiger partial charge in [-0.1, -0.05) is 48.0 Å². The minimum absolute atomic E-state index is 0.0706. The summed E-state index contributed by atoms with van der Waals surface area (Å²) in [5.74, 6) is -1.38. The number of carboxylic acid groups (broad SMARTS) is 1. The van der Waals surface area contributed by atoms with Gasteiger partial charge < -0.3 is 10.4 Å². The molecule has 2 aromatic rings. The maximum absolute atomic E-state index is 11.3. The van der Waals surface area contributed by atoms with E-state index in [4.69, 9.17) is 0 Å². The van der Waals surface area contributed by atoms with Crippen LogP contribution < -0.4 is 5.32 Å². The average molecular weight is 295 g/mol. The first kappa shape index (κ1) is 15.5. The maximum atomic E-state index is 11.3.